The molecule has 1 aromatic carbocycles. The molecule has 1 amide bonds. The van der Waals surface area contributed by atoms with Crippen LogP contribution < -0.4 is 0 Å². The van der Waals surface area contributed by atoms with Gasteiger partial charge in [-0.05, 0) is 42.8 Å². The van der Waals surface area contributed by atoms with Crippen LogP contribution in [0.15, 0.2) is 53.3 Å². The summed E-state index contributed by atoms with van der Waals surface area (Å²) in [4.78, 5) is 18.2. The van der Waals surface area contributed by atoms with Gasteiger partial charge in [0.15, 0.2) is 5.76 Å². The maximum Gasteiger partial charge on any atom is 0.255 e. The molecule has 2 aromatic heterocycles. The van der Waals surface area contributed by atoms with Gasteiger partial charge in [-0.25, -0.2) is 4.39 Å². The lowest BCUT2D eigenvalue weighted by molar-refractivity contribution is 0.0731. The van der Waals surface area contributed by atoms with Gasteiger partial charge in [0.25, 0.3) is 5.91 Å². The Balaban J connectivity index is 1.59. The highest BCUT2D eigenvalue weighted by Crippen LogP contribution is 2.30. The number of halogens is 1. The average Bonchev–Trinajstić information content (AvgIpc) is 3.05. The first-order valence-corrected chi connectivity index (χ1v) is 7.65. The fourth-order valence-electron chi connectivity index (χ4n) is 2.90. The summed E-state index contributed by atoms with van der Waals surface area (Å²) in [6.07, 6.45) is 3.85. The Morgan fingerprint density at radius 3 is 2.79 bits per heavy atom. The number of carbonyl (C=O) groups excluding carboxylic acids is 1. The average molecular weight is 323 g/mol. The Bertz CT molecular complexity index is 875. The molecule has 1 aliphatic heterocycles. The van der Waals surface area contributed by atoms with Crippen LogP contribution in [0.1, 0.15) is 21.6 Å². The number of nitrogens with zero attached hydrogens (tertiary/aromatic N) is 3. The molecule has 6 heteroatoms. The third kappa shape index (κ3) is 2.56. The lowest BCUT2D eigenvalue weighted by Gasteiger charge is -2.26. The Labute approximate surface area is 137 Å². The van der Waals surface area contributed by atoms with E-state index in [2.05, 4.69) is 10.1 Å². The zero-order valence-electron chi connectivity index (χ0n) is 12.8. The number of carbonyl (C=O) groups is 1. The fourth-order valence-corrected chi connectivity index (χ4v) is 2.90. The molecule has 0 bridgehead atoms. The number of rotatable bonds is 2. The Morgan fingerprint density at radius 1 is 1.21 bits per heavy atom. The monoisotopic (exact) mass is 323 g/mol. The molecule has 0 fully saturated rings. The van der Waals surface area contributed by atoms with E-state index in [0.717, 1.165) is 16.8 Å². The maximum atomic E-state index is 13.1. The highest BCUT2D eigenvalue weighted by atomic mass is 19.1. The van der Waals surface area contributed by atoms with Crippen LogP contribution in [0, 0.1) is 5.82 Å². The van der Waals surface area contributed by atoms with Crippen molar-refractivity contribution in [3.05, 3.63) is 71.4 Å². The molecule has 0 unspecified atom stereocenters. The van der Waals surface area contributed by atoms with Gasteiger partial charge in [0.1, 0.15) is 11.5 Å². The summed E-state index contributed by atoms with van der Waals surface area (Å²) < 4.78 is 18.5. The first-order valence-electron chi connectivity index (χ1n) is 7.65. The predicted molar refractivity (Wildman–Crippen MR) is 84.6 cm³/mol. The molecule has 4 rings (SSSR count). The number of benzene rings is 1. The van der Waals surface area contributed by atoms with Crippen molar-refractivity contribution in [3.63, 3.8) is 0 Å². The van der Waals surface area contributed by atoms with Crippen LogP contribution in [-0.2, 0) is 13.0 Å². The van der Waals surface area contributed by atoms with Gasteiger partial charge in [0.2, 0.25) is 0 Å². The molecule has 3 heterocycles. The second-order valence-electron chi connectivity index (χ2n) is 5.66. The Hall–Kier alpha value is -3.02. The number of fused-ring (bicyclic) bond motifs is 1. The van der Waals surface area contributed by atoms with Crippen LogP contribution in [0.25, 0.3) is 11.3 Å². The van der Waals surface area contributed by atoms with Crippen LogP contribution in [0.3, 0.4) is 0 Å². The van der Waals surface area contributed by atoms with Gasteiger partial charge >= 0.3 is 0 Å². The van der Waals surface area contributed by atoms with E-state index in [9.17, 15) is 9.18 Å². The van der Waals surface area contributed by atoms with Gasteiger partial charge in [-0.3, -0.25) is 9.78 Å². The Morgan fingerprint density at radius 2 is 2.04 bits per heavy atom. The molecule has 3 aromatic rings. The smallest absolute Gasteiger partial charge is 0.255 e. The number of aromatic nitrogens is 2. The number of pyridine rings is 1. The third-order valence-corrected chi connectivity index (χ3v) is 4.14. The zero-order chi connectivity index (χ0) is 16.5. The van der Waals surface area contributed by atoms with E-state index in [0.29, 0.717) is 30.8 Å². The van der Waals surface area contributed by atoms with Crippen molar-refractivity contribution in [1.82, 2.24) is 15.0 Å². The third-order valence-electron chi connectivity index (χ3n) is 4.14. The Kier molecular flexibility index (Phi) is 3.57. The second kappa shape index (κ2) is 5.88. The minimum absolute atomic E-state index is 0.0694. The molecule has 0 atom stereocenters. The van der Waals surface area contributed by atoms with Gasteiger partial charge in [-0.1, -0.05) is 5.16 Å². The van der Waals surface area contributed by atoms with Crippen molar-refractivity contribution >= 4 is 5.91 Å². The van der Waals surface area contributed by atoms with Crippen LogP contribution >= 0.6 is 0 Å². The van der Waals surface area contributed by atoms with E-state index in [1.807, 2.05) is 0 Å². The van der Waals surface area contributed by atoms with Crippen molar-refractivity contribution in [2.45, 2.75) is 13.0 Å². The number of amides is 1. The maximum absolute atomic E-state index is 13.1. The summed E-state index contributed by atoms with van der Waals surface area (Å²) in [7, 11) is 0. The highest BCUT2D eigenvalue weighted by molar-refractivity contribution is 5.94. The van der Waals surface area contributed by atoms with Crippen molar-refractivity contribution < 1.29 is 13.7 Å². The molecule has 120 valence electrons. The molecule has 0 spiro atoms. The van der Waals surface area contributed by atoms with Crippen LogP contribution in [-0.4, -0.2) is 27.5 Å². The highest BCUT2D eigenvalue weighted by Gasteiger charge is 2.27. The van der Waals surface area contributed by atoms with Crippen molar-refractivity contribution in [2.24, 2.45) is 0 Å². The van der Waals surface area contributed by atoms with Gasteiger partial charge in [-0.2, -0.15) is 0 Å². The summed E-state index contributed by atoms with van der Waals surface area (Å²) in [6, 6.07) is 9.62. The lowest BCUT2D eigenvalue weighted by atomic mass is 10.00. The molecule has 5 nitrogen and oxygen atoms in total. The minimum atomic E-state index is -0.291. The van der Waals surface area contributed by atoms with Gasteiger partial charge in [0, 0.05) is 30.1 Å². The van der Waals surface area contributed by atoms with Crippen LogP contribution in [0.2, 0.25) is 0 Å². The van der Waals surface area contributed by atoms with Gasteiger partial charge < -0.3 is 9.42 Å². The summed E-state index contributed by atoms with van der Waals surface area (Å²) >= 11 is 0. The van der Waals surface area contributed by atoms with Crippen molar-refractivity contribution in [1.29, 1.82) is 0 Å². The second-order valence-corrected chi connectivity index (χ2v) is 5.66. The quantitative estimate of drug-likeness (QED) is 0.727. The van der Waals surface area contributed by atoms with Crippen molar-refractivity contribution in [2.75, 3.05) is 6.54 Å². The molecule has 0 N–H and O–H groups in total. The normalized spacial score (nSPS) is 13.6. The minimum Gasteiger partial charge on any atom is -0.356 e. The largest absolute Gasteiger partial charge is 0.356 e. The standard InChI is InChI=1S/C18H14FN3O2/c19-14-5-3-12(4-6-14)17-15-7-9-22(11-16(15)21-24-17)18(23)13-2-1-8-20-10-13/h1-6,8,10H,7,9,11H2. The molecular weight excluding hydrogens is 309 g/mol. The summed E-state index contributed by atoms with van der Waals surface area (Å²) in [6.45, 7) is 0.976. The van der Waals surface area contributed by atoms with Gasteiger partial charge in [-0.15, -0.1) is 0 Å². The zero-order valence-corrected chi connectivity index (χ0v) is 12.8. The molecule has 0 saturated carbocycles. The topological polar surface area (TPSA) is 59.2 Å². The molecule has 24 heavy (non-hydrogen) atoms. The molecule has 0 aliphatic carbocycles. The first kappa shape index (κ1) is 14.6. The number of hydrogen-bond donors (Lipinski definition) is 0. The van der Waals surface area contributed by atoms with E-state index in [1.54, 1.807) is 41.6 Å². The van der Waals surface area contributed by atoms with E-state index < -0.39 is 0 Å². The van der Waals surface area contributed by atoms with E-state index in [1.165, 1.54) is 12.1 Å². The van der Waals surface area contributed by atoms with E-state index in [4.69, 9.17) is 4.52 Å². The number of hydrogen-bond acceptors (Lipinski definition) is 4. The predicted octanol–water partition coefficient (Wildman–Crippen LogP) is 3.07. The molecule has 0 radical (unpaired) electrons. The molecular formula is C18H14FN3O2. The fraction of sp³-hybridized carbons (Fsp3) is 0.167. The summed E-state index contributed by atoms with van der Waals surface area (Å²) in [5, 5.41) is 4.10. The van der Waals surface area contributed by atoms with Crippen LogP contribution in [0.5, 0.6) is 0 Å². The lowest BCUT2D eigenvalue weighted by Crippen LogP contribution is -2.36. The summed E-state index contributed by atoms with van der Waals surface area (Å²) in [5.74, 6) is 0.291. The molecule has 0 saturated heterocycles. The van der Waals surface area contributed by atoms with Crippen molar-refractivity contribution in [3.8, 4) is 11.3 Å². The molecule has 1 aliphatic rings. The summed E-state index contributed by atoms with van der Waals surface area (Å²) in [5.41, 5.74) is 3.08. The first-order chi connectivity index (χ1) is 11.7. The SMILES string of the molecule is O=C(c1cccnc1)N1CCc2c(noc2-c2ccc(F)cc2)C1. The van der Waals surface area contributed by atoms with Gasteiger partial charge in [0.05, 0.1) is 12.1 Å². The van der Waals surface area contributed by atoms with Crippen LogP contribution in [0.4, 0.5) is 4.39 Å². The van der Waals surface area contributed by atoms with E-state index >= 15 is 0 Å². The van der Waals surface area contributed by atoms with E-state index in [-0.39, 0.29) is 11.7 Å².